The van der Waals surface area contributed by atoms with Crippen LogP contribution in [0.4, 0.5) is 11.5 Å². The number of hydrogen-bond donors (Lipinski definition) is 1. The molecule has 0 unspecified atom stereocenters. The van der Waals surface area contributed by atoms with Gasteiger partial charge in [0.05, 0.1) is 11.9 Å². The maximum absolute atomic E-state index is 12.7. The van der Waals surface area contributed by atoms with E-state index in [0.717, 1.165) is 30.5 Å². The Balaban J connectivity index is 1.60. The lowest BCUT2D eigenvalue weighted by molar-refractivity contribution is -0.123. The standard InChI is InChI=1S/C22H29N3O/c1-17-11-13-25(14-12-17)20-10-9-19(16-23-20)24-21(26)22(2,3)15-18-7-5-4-6-8-18/h4-10,16-17H,11-15H2,1-3H3,(H,24,26). The third-order valence-corrected chi connectivity index (χ3v) is 5.22. The SMILES string of the molecule is CC1CCN(c2ccc(NC(=O)C(C)(C)Cc3ccccc3)cn2)CC1. The fourth-order valence-electron chi connectivity index (χ4n) is 3.37. The van der Waals surface area contributed by atoms with Crippen molar-refractivity contribution in [2.75, 3.05) is 23.3 Å². The van der Waals surface area contributed by atoms with Crippen LogP contribution in [0.5, 0.6) is 0 Å². The highest BCUT2D eigenvalue weighted by Gasteiger charge is 2.28. The molecular formula is C22H29N3O. The number of rotatable bonds is 5. The molecule has 1 aromatic carbocycles. The van der Waals surface area contributed by atoms with Crippen LogP contribution >= 0.6 is 0 Å². The molecule has 1 aliphatic rings. The molecule has 1 N–H and O–H groups in total. The zero-order chi connectivity index (χ0) is 18.6. The highest BCUT2D eigenvalue weighted by molar-refractivity contribution is 5.94. The Morgan fingerprint density at radius 2 is 1.85 bits per heavy atom. The van der Waals surface area contributed by atoms with Crippen LogP contribution in [-0.4, -0.2) is 24.0 Å². The van der Waals surface area contributed by atoms with Crippen molar-refractivity contribution in [3.05, 3.63) is 54.2 Å². The zero-order valence-electron chi connectivity index (χ0n) is 16.0. The normalized spacial score (nSPS) is 15.7. The van der Waals surface area contributed by atoms with Gasteiger partial charge >= 0.3 is 0 Å². The van der Waals surface area contributed by atoms with Gasteiger partial charge in [0.25, 0.3) is 0 Å². The van der Waals surface area contributed by atoms with Crippen LogP contribution in [-0.2, 0) is 11.2 Å². The Morgan fingerprint density at radius 1 is 1.15 bits per heavy atom. The van der Waals surface area contributed by atoms with Gasteiger partial charge in [-0.2, -0.15) is 0 Å². The molecule has 1 amide bonds. The van der Waals surface area contributed by atoms with Crippen LogP contribution in [0.25, 0.3) is 0 Å². The van der Waals surface area contributed by atoms with Crippen molar-refractivity contribution >= 4 is 17.4 Å². The van der Waals surface area contributed by atoms with Crippen LogP contribution in [0.2, 0.25) is 0 Å². The second-order valence-corrected chi connectivity index (χ2v) is 8.08. The number of aromatic nitrogens is 1. The van der Waals surface area contributed by atoms with Crippen LogP contribution in [0.3, 0.4) is 0 Å². The maximum atomic E-state index is 12.7. The summed E-state index contributed by atoms with van der Waals surface area (Å²) in [5.41, 5.74) is 1.44. The van der Waals surface area contributed by atoms with Gasteiger partial charge in [-0.15, -0.1) is 0 Å². The zero-order valence-corrected chi connectivity index (χ0v) is 16.0. The summed E-state index contributed by atoms with van der Waals surface area (Å²) in [6, 6.07) is 14.1. The highest BCUT2D eigenvalue weighted by Crippen LogP contribution is 2.25. The molecule has 1 aliphatic heterocycles. The van der Waals surface area contributed by atoms with Crippen molar-refractivity contribution in [1.82, 2.24) is 4.98 Å². The van der Waals surface area contributed by atoms with Crippen LogP contribution in [0.15, 0.2) is 48.7 Å². The van der Waals surface area contributed by atoms with E-state index >= 15 is 0 Å². The number of nitrogens with one attached hydrogen (secondary N) is 1. The number of nitrogens with zero attached hydrogens (tertiary/aromatic N) is 2. The van der Waals surface area contributed by atoms with Crippen molar-refractivity contribution in [3.8, 4) is 0 Å². The summed E-state index contributed by atoms with van der Waals surface area (Å²) in [5, 5.41) is 3.02. The third-order valence-electron chi connectivity index (χ3n) is 5.22. The summed E-state index contributed by atoms with van der Waals surface area (Å²) in [6.07, 6.45) is 4.91. The van der Waals surface area contributed by atoms with E-state index in [0.29, 0.717) is 6.42 Å². The van der Waals surface area contributed by atoms with E-state index in [2.05, 4.69) is 34.3 Å². The molecule has 0 bridgehead atoms. The second-order valence-electron chi connectivity index (χ2n) is 8.08. The molecule has 2 aromatic rings. The van der Waals surface area contributed by atoms with E-state index in [9.17, 15) is 4.79 Å². The fourth-order valence-corrected chi connectivity index (χ4v) is 3.37. The summed E-state index contributed by atoms with van der Waals surface area (Å²) in [6.45, 7) is 8.38. The summed E-state index contributed by atoms with van der Waals surface area (Å²) in [5.74, 6) is 1.82. The molecule has 1 aromatic heterocycles. The van der Waals surface area contributed by atoms with Gasteiger partial charge in [-0.05, 0) is 42.9 Å². The van der Waals surface area contributed by atoms with Crippen molar-refractivity contribution in [1.29, 1.82) is 0 Å². The molecular weight excluding hydrogens is 322 g/mol. The first-order valence-corrected chi connectivity index (χ1v) is 9.50. The number of pyridine rings is 1. The Hall–Kier alpha value is -2.36. The maximum Gasteiger partial charge on any atom is 0.230 e. The molecule has 0 atom stereocenters. The monoisotopic (exact) mass is 351 g/mol. The predicted molar refractivity (Wildman–Crippen MR) is 107 cm³/mol. The molecule has 4 heteroatoms. The van der Waals surface area contributed by atoms with Crippen molar-refractivity contribution in [2.45, 2.75) is 40.0 Å². The summed E-state index contributed by atoms with van der Waals surface area (Å²) in [4.78, 5) is 19.6. The topological polar surface area (TPSA) is 45.2 Å². The van der Waals surface area contributed by atoms with Gasteiger partial charge < -0.3 is 10.2 Å². The number of benzene rings is 1. The first-order valence-electron chi connectivity index (χ1n) is 9.50. The van der Waals surface area contributed by atoms with Crippen molar-refractivity contribution in [2.24, 2.45) is 11.3 Å². The molecule has 0 radical (unpaired) electrons. The molecule has 138 valence electrons. The molecule has 0 saturated carbocycles. The van der Waals surface area contributed by atoms with Crippen molar-refractivity contribution < 1.29 is 4.79 Å². The lowest BCUT2D eigenvalue weighted by atomic mass is 9.85. The molecule has 2 heterocycles. The Kier molecular flexibility index (Phi) is 5.60. The fraction of sp³-hybridized carbons (Fsp3) is 0.455. The number of piperidine rings is 1. The molecule has 1 fully saturated rings. The number of carbonyl (C=O) groups excluding carboxylic acids is 1. The van der Waals surface area contributed by atoms with Gasteiger partial charge in [-0.3, -0.25) is 4.79 Å². The Labute approximate surface area is 156 Å². The smallest absolute Gasteiger partial charge is 0.230 e. The van der Waals surface area contributed by atoms with Crippen LogP contribution in [0.1, 0.15) is 39.2 Å². The largest absolute Gasteiger partial charge is 0.357 e. The predicted octanol–water partition coefficient (Wildman–Crippen LogP) is 4.53. The van der Waals surface area contributed by atoms with E-state index in [1.165, 1.54) is 18.4 Å². The number of hydrogen-bond acceptors (Lipinski definition) is 3. The first-order chi connectivity index (χ1) is 12.4. The summed E-state index contributed by atoms with van der Waals surface area (Å²) >= 11 is 0. The van der Waals surface area contributed by atoms with E-state index in [-0.39, 0.29) is 5.91 Å². The van der Waals surface area contributed by atoms with Gasteiger partial charge in [0.2, 0.25) is 5.91 Å². The third kappa shape index (κ3) is 4.63. The number of amides is 1. The number of carbonyl (C=O) groups is 1. The van der Waals surface area contributed by atoms with Gasteiger partial charge in [-0.1, -0.05) is 51.1 Å². The number of anilines is 2. The molecule has 4 nitrogen and oxygen atoms in total. The molecule has 0 aliphatic carbocycles. The average molecular weight is 351 g/mol. The summed E-state index contributed by atoms with van der Waals surface area (Å²) < 4.78 is 0. The molecule has 0 spiro atoms. The molecule has 1 saturated heterocycles. The van der Waals surface area contributed by atoms with Gasteiger partial charge in [0.1, 0.15) is 5.82 Å². The second kappa shape index (κ2) is 7.90. The van der Waals surface area contributed by atoms with Crippen LogP contribution < -0.4 is 10.2 Å². The van der Waals surface area contributed by atoms with Gasteiger partial charge in [-0.25, -0.2) is 4.98 Å². The minimum absolute atomic E-state index is 0.0164. The summed E-state index contributed by atoms with van der Waals surface area (Å²) in [7, 11) is 0. The minimum Gasteiger partial charge on any atom is -0.357 e. The van der Waals surface area contributed by atoms with Gasteiger partial charge in [0.15, 0.2) is 0 Å². The minimum atomic E-state index is -0.483. The Morgan fingerprint density at radius 3 is 2.46 bits per heavy atom. The Bertz CT molecular complexity index is 717. The van der Waals surface area contributed by atoms with Gasteiger partial charge in [0, 0.05) is 18.5 Å². The quantitative estimate of drug-likeness (QED) is 0.861. The first kappa shape index (κ1) is 18.4. The van der Waals surface area contributed by atoms with Crippen molar-refractivity contribution in [3.63, 3.8) is 0 Å². The van der Waals surface area contributed by atoms with E-state index in [4.69, 9.17) is 0 Å². The highest BCUT2D eigenvalue weighted by atomic mass is 16.2. The van der Waals surface area contributed by atoms with E-state index in [1.54, 1.807) is 6.20 Å². The van der Waals surface area contributed by atoms with E-state index in [1.807, 2.05) is 44.2 Å². The van der Waals surface area contributed by atoms with E-state index < -0.39 is 5.41 Å². The molecule has 26 heavy (non-hydrogen) atoms. The molecule has 3 rings (SSSR count). The van der Waals surface area contributed by atoms with Crippen LogP contribution in [0, 0.1) is 11.3 Å². The lowest BCUT2D eigenvalue weighted by Gasteiger charge is -2.31. The average Bonchev–Trinajstić information content (AvgIpc) is 2.63. The lowest BCUT2D eigenvalue weighted by Crippen LogP contribution is -2.34.